The van der Waals surface area contributed by atoms with Crippen molar-refractivity contribution in [1.29, 1.82) is 0 Å². The highest BCUT2D eigenvalue weighted by molar-refractivity contribution is 5.89. The molecule has 0 aliphatic rings. The number of carbonyl (C=O) groups is 1. The second kappa shape index (κ2) is 7.11. The number of hydrogen-bond donors (Lipinski definition) is 1. The van der Waals surface area contributed by atoms with E-state index in [-0.39, 0.29) is 6.03 Å². The summed E-state index contributed by atoms with van der Waals surface area (Å²) in [5.74, 6) is 0.780. The van der Waals surface area contributed by atoms with Gasteiger partial charge in [0.2, 0.25) is 0 Å². The summed E-state index contributed by atoms with van der Waals surface area (Å²) < 4.78 is 3.55. The van der Waals surface area contributed by atoms with Crippen molar-refractivity contribution in [2.75, 3.05) is 18.4 Å². The number of likely N-dealkylation sites (N-methyl/N-ethyl adjacent to an activating group) is 1. The predicted octanol–water partition coefficient (Wildman–Crippen LogP) is 2.04. The van der Waals surface area contributed by atoms with Crippen LogP contribution in [0.2, 0.25) is 0 Å². The lowest BCUT2D eigenvalue weighted by Gasteiger charge is -2.21. The minimum atomic E-state index is -0.104. The zero-order valence-corrected chi connectivity index (χ0v) is 13.7. The first kappa shape index (κ1) is 16.1. The Hall–Kier alpha value is -2.31. The molecule has 0 saturated carbocycles. The molecule has 7 nitrogen and oxygen atoms in total. The van der Waals surface area contributed by atoms with Gasteiger partial charge in [0, 0.05) is 38.1 Å². The van der Waals surface area contributed by atoms with Crippen LogP contribution in [0.25, 0.3) is 0 Å². The smallest absolute Gasteiger partial charge is 0.323 e. The van der Waals surface area contributed by atoms with Crippen molar-refractivity contribution in [2.45, 2.75) is 33.7 Å². The molecule has 2 amide bonds. The minimum absolute atomic E-state index is 0.104. The number of nitrogens with one attached hydrogen (secondary N) is 1. The van der Waals surface area contributed by atoms with E-state index in [2.05, 4.69) is 22.4 Å². The molecular weight excluding hydrogens is 280 g/mol. The SMILES string of the molecule is CCc1c(C)nn(C)c1NC(=O)N(CC)CCn1cccn1. The maximum absolute atomic E-state index is 12.5. The number of carbonyl (C=O) groups excluding carboxylic acids is 1. The standard InChI is InChI=1S/C15H24N6O/c1-5-13-12(3)18-19(4)14(13)17-15(22)20(6-2)10-11-21-9-7-8-16-21/h7-9H,5-6,10-11H2,1-4H3,(H,17,22). The number of urea groups is 1. The third-order valence-corrected chi connectivity index (χ3v) is 3.75. The molecule has 1 N–H and O–H groups in total. The van der Waals surface area contributed by atoms with Crippen LogP contribution in [-0.2, 0) is 20.0 Å². The molecule has 0 aliphatic carbocycles. The van der Waals surface area contributed by atoms with Gasteiger partial charge in [-0.25, -0.2) is 4.79 Å². The van der Waals surface area contributed by atoms with E-state index >= 15 is 0 Å². The lowest BCUT2D eigenvalue weighted by atomic mass is 10.2. The summed E-state index contributed by atoms with van der Waals surface area (Å²) in [5.41, 5.74) is 2.04. The Labute approximate surface area is 130 Å². The van der Waals surface area contributed by atoms with Gasteiger partial charge in [0.15, 0.2) is 0 Å². The average Bonchev–Trinajstić information content (AvgIpc) is 3.08. The molecule has 2 heterocycles. The maximum Gasteiger partial charge on any atom is 0.323 e. The van der Waals surface area contributed by atoms with Gasteiger partial charge in [-0.15, -0.1) is 0 Å². The van der Waals surface area contributed by atoms with E-state index in [0.29, 0.717) is 19.6 Å². The second-order valence-corrected chi connectivity index (χ2v) is 5.17. The first-order chi connectivity index (χ1) is 10.6. The van der Waals surface area contributed by atoms with Crippen LogP contribution in [0.4, 0.5) is 10.6 Å². The van der Waals surface area contributed by atoms with Gasteiger partial charge in [-0.05, 0) is 26.3 Å². The molecule has 2 aromatic rings. The van der Waals surface area contributed by atoms with Gasteiger partial charge in [-0.3, -0.25) is 14.7 Å². The maximum atomic E-state index is 12.5. The monoisotopic (exact) mass is 304 g/mol. The van der Waals surface area contributed by atoms with Gasteiger partial charge >= 0.3 is 6.03 Å². The lowest BCUT2D eigenvalue weighted by Crippen LogP contribution is -2.37. The normalized spacial score (nSPS) is 10.7. The molecular formula is C15H24N6O. The van der Waals surface area contributed by atoms with Gasteiger partial charge in [0.1, 0.15) is 5.82 Å². The third kappa shape index (κ3) is 3.47. The van der Waals surface area contributed by atoms with Crippen LogP contribution in [0.5, 0.6) is 0 Å². The Morgan fingerprint density at radius 1 is 1.41 bits per heavy atom. The van der Waals surface area contributed by atoms with Crippen LogP contribution in [0.1, 0.15) is 25.1 Å². The van der Waals surface area contributed by atoms with E-state index in [9.17, 15) is 4.79 Å². The topological polar surface area (TPSA) is 68.0 Å². The molecule has 0 aromatic carbocycles. The summed E-state index contributed by atoms with van der Waals surface area (Å²) in [4.78, 5) is 14.2. The van der Waals surface area contributed by atoms with Crippen molar-refractivity contribution in [2.24, 2.45) is 7.05 Å². The fraction of sp³-hybridized carbons (Fsp3) is 0.533. The highest BCUT2D eigenvalue weighted by atomic mass is 16.2. The van der Waals surface area contributed by atoms with E-state index in [0.717, 1.165) is 23.5 Å². The highest BCUT2D eigenvalue weighted by Gasteiger charge is 2.17. The lowest BCUT2D eigenvalue weighted by molar-refractivity contribution is 0.211. The first-order valence-corrected chi connectivity index (χ1v) is 7.62. The molecule has 0 saturated heterocycles. The van der Waals surface area contributed by atoms with Crippen LogP contribution in [0.15, 0.2) is 18.5 Å². The molecule has 0 spiro atoms. The van der Waals surface area contributed by atoms with E-state index in [1.54, 1.807) is 15.8 Å². The number of amides is 2. The molecule has 7 heteroatoms. The number of rotatable bonds is 6. The van der Waals surface area contributed by atoms with Crippen LogP contribution >= 0.6 is 0 Å². The van der Waals surface area contributed by atoms with Crippen molar-refractivity contribution in [1.82, 2.24) is 24.5 Å². The number of aromatic nitrogens is 4. The first-order valence-electron chi connectivity index (χ1n) is 7.62. The highest BCUT2D eigenvalue weighted by Crippen LogP contribution is 2.19. The number of hydrogen-bond acceptors (Lipinski definition) is 3. The van der Waals surface area contributed by atoms with Crippen LogP contribution in [0, 0.1) is 6.92 Å². The van der Waals surface area contributed by atoms with Gasteiger partial charge in [-0.1, -0.05) is 6.92 Å². The molecule has 0 atom stereocenters. The van der Waals surface area contributed by atoms with Crippen LogP contribution in [-0.4, -0.2) is 43.6 Å². The zero-order valence-electron chi connectivity index (χ0n) is 13.7. The fourth-order valence-electron chi connectivity index (χ4n) is 2.52. The Morgan fingerprint density at radius 2 is 2.18 bits per heavy atom. The van der Waals surface area contributed by atoms with E-state index in [4.69, 9.17) is 0 Å². The largest absolute Gasteiger partial charge is 0.323 e. The third-order valence-electron chi connectivity index (χ3n) is 3.75. The van der Waals surface area contributed by atoms with E-state index in [1.165, 1.54) is 0 Å². The molecule has 0 radical (unpaired) electrons. The van der Waals surface area contributed by atoms with E-state index in [1.807, 2.05) is 37.8 Å². The van der Waals surface area contributed by atoms with Crippen molar-refractivity contribution >= 4 is 11.8 Å². The van der Waals surface area contributed by atoms with Crippen LogP contribution in [0.3, 0.4) is 0 Å². The predicted molar refractivity (Wildman–Crippen MR) is 85.8 cm³/mol. The van der Waals surface area contributed by atoms with Gasteiger partial charge in [-0.2, -0.15) is 10.2 Å². The molecule has 2 aromatic heterocycles. The Balaban J connectivity index is 2.03. The quantitative estimate of drug-likeness (QED) is 0.888. The van der Waals surface area contributed by atoms with E-state index < -0.39 is 0 Å². The molecule has 2 rings (SSSR count). The Morgan fingerprint density at radius 3 is 2.77 bits per heavy atom. The molecule has 22 heavy (non-hydrogen) atoms. The van der Waals surface area contributed by atoms with Crippen molar-refractivity contribution in [3.05, 3.63) is 29.7 Å². The summed E-state index contributed by atoms with van der Waals surface area (Å²) >= 11 is 0. The Bertz CT molecular complexity index is 616. The average molecular weight is 304 g/mol. The molecule has 0 unspecified atom stereocenters. The number of aryl methyl sites for hydroxylation is 2. The van der Waals surface area contributed by atoms with Gasteiger partial charge in [0.25, 0.3) is 0 Å². The summed E-state index contributed by atoms with van der Waals surface area (Å²) in [7, 11) is 1.85. The Kier molecular flexibility index (Phi) is 5.19. The summed E-state index contributed by atoms with van der Waals surface area (Å²) in [5, 5.41) is 11.5. The van der Waals surface area contributed by atoms with Crippen molar-refractivity contribution < 1.29 is 4.79 Å². The van der Waals surface area contributed by atoms with Crippen LogP contribution < -0.4 is 5.32 Å². The summed E-state index contributed by atoms with van der Waals surface area (Å²) in [6.07, 6.45) is 4.47. The van der Waals surface area contributed by atoms with Gasteiger partial charge < -0.3 is 4.90 Å². The molecule has 0 fully saturated rings. The van der Waals surface area contributed by atoms with Crippen molar-refractivity contribution in [3.63, 3.8) is 0 Å². The number of anilines is 1. The minimum Gasteiger partial charge on any atom is -0.323 e. The zero-order chi connectivity index (χ0) is 16.1. The summed E-state index contributed by atoms with van der Waals surface area (Å²) in [6, 6.07) is 1.77. The summed E-state index contributed by atoms with van der Waals surface area (Å²) in [6.45, 7) is 7.93. The van der Waals surface area contributed by atoms with Gasteiger partial charge in [0.05, 0.1) is 12.2 Å². The second-order valence-electron chi connectivity index (χ2n) is 5.17. The molecule has 0 bridgehead atoms. The molecule has 120 valence electrons. The molecule has 0 aliphatic heterocycles. The van der Waals surface area contributed by atoms with Crippen molar-refractivity contribution in [3.8, 4) is 0 Å². The number of nitrogens with zero attached hydrogens (tertiary/aromatic N) is 5. The fourth-order valence-corrected chi connectivity index (χ4v) is 2.52.